The largest absolute Gasteiger partial charge is 0.494 e. The smallest absolute Gasteiger partial charge is 0.234 e. The number of nitrogens with zero attached hydrogens (tertiary/aromatic N) is 1. The maximum absolute atomic E-state index is 12.6. The van der Waals surface area contributed by atoms with Crippen molar-refractivity contribution in [3.8, 4) is 5.75 Å². The predicted octanol–water partition coefficient (Wildman–Crippen LogP) is 7.28. The summed E-state index contributed by atoms with van der Waals surface area (Å²) in [5.41, 5.74) is 3.72. The van der Waals surface area contributed by atoms with Gasteiger partial charge in [0, 0.05) is 5.69 Å². The molecule has 3 aromatic rings. The lowest BCUT2D eigenvalue weighted by molar-refractivity contribution is -0.113. The fraction of sp³-hybridized carbons (Fsp3) is 0.500. The van der Waals surface area contributed by atoms with Crippen molar-refractivity contribution in [3.05, 3.63) is 48.0 Å². The van der Waals surface area contributed by atoms with Gasteiger partial charge < -0.3 is 10.1 Å². The third-order valence-electron chi connectivity index (χ3n) is 8.15. The molecular weight excluding hydrogens is 460 g/mol. The summed E-state index contributed by atoms with van der Waals surface area (Å²) in [6.45, 7) is 2.63. The van der Waals surface area contributed by atoms with E-state index in [-0.39, 0.29) is 5.91 Å². The monoisotopic (exact) mass is 492 g/mol. The summed E-state index contributed by atoms with van der Waals surface area (Å²) in [6.07, 6.45) is 9.89. The van der Waals surface area contributed by atoms with E-state index in [1.165, 1.54) is 62.3 Å². The third kappa shape index (κ3) is 4.47. The van der Waals surface area contributed by atoms with Crippen molar-refractivity contribution in [2.45, 2.75) is 61.6 Å². The first-order valence-corrected chi connectivity index (χ1v) is 14.5. The Bertz CT molecular complexity index is 1170. The number of carbonyl (C=O) groups excluding carboxylic acids is 1. The molecule has 34 heavy (non-hydrogen) atoms. The standard InChI is InChI=1S/C28H32N2O2S2/c1-2-32-23-7-8-24-25(14-23)34-27(30-24)33-17-26(31)29-22-5-3-21(4-6-22)28-10-9-18-11-19(15-28)13-20(12-18)16-28/h3-8,14,18-20H,2,9-13,15-17H2,1H3,(H,29,31). The Kier molecular flexibility index (Phi) is 6.06. The molecule has 4 fully saturated rings. The third-order valence-corrected chi connectivity index (χ3v) is 10.3. The van der Waals surface area contributed by atoms with E-state index in [0.29, 0.717) is 17.8 Å². The van der Waals surface area contributed by atoms with Gasteiger partial charge in [-0.1, -0.05) is 23.9 Å². The molecule has 0 radical (unpaired) electrons. The average molecular weight is 493 g/mol. The van der Waals surface area contributed by atoms with Gasteiger partial charge in [0.25, 0.3) is 0 Å². The Morgan fingerprint density at radius 2 is 1.88 bits per heavy atom. The van der Waals surface area contributed by atoms with Gasteiger partial charge >= 0.3 is 0 Å². The number of ether oxygens (including phenoxy) is 1. The molecule has 0 aliphatic heterocycles. The molecule has 4 aliphatic rings. The fourth-order valence-corrected chi connectivity index (χ4v) is 8.86. The summed E-state index contributed by atoms with van der Waals surface area (Å²) in [5.74, 6) is 4.08. The molecule has 0 spiro atoms. The molecule has 4 saturated carbocycles. The highest BCUT2D eigenvalue weighted by molar-refractivity contribution is 8.01. The molecule has 2 aromatic carbocycles. The van der Waals surface area contributed by atoms with E-state index in [0.717, 1.165) is 43.7 Å². The van der Waals surface area contributed by atoms with Gasteiger partial charge in [0.15, 0.2) is 4.34 Å². The van der Waals surface area contributed by atoms with E-state index in [4.69, 9.17) is 4.74 Å². The average Bonchev–Trinajstić information content (AvgIpc) is 3.13. The highest BCUT2D eigenvalue weighted by atomic mass is 32.2. The van der Waals surface area contributed by atoms with E-state index in [9.17, 15) is 4.79 Å². The van der Waals surface area contributed by atoms with Crippen LogP contribution < -0.4 is 10.1 Å². The van der Waals surface area contributed by atoms with Crippen LogP contribution in [0.3, 0.4) is 0 Å². The zero-order valence-electron chi connectivity index (χ0n) is 19.7. The Hall–Kier alpha value is -2.05. The highest BCUT2D eigenvalue weighted by Gasteiger charge is 2.48. The lowest BCUT2D eigenvalue weighted by Gasteiger charge is -2.45. The molecule has 0 saturated heterocycles. The normalized spacial score (nSPS) is 27.6. The van der Waals surface area contributed by atoms with Crippen LogP contribution in [0.15, 0.2) is 46.8 Å². The van der Waals surface area contributed by atoms with Gasteiger partial charge in [-0.25, -0.2) is 4.98 Å². The zero-order valence-corrected chi connectivity index (χ0v) is 21.4. The first kappa shape index (κ1) is 22.4. The summed E-state index contributed by atoms with van der Waals surface area (Å²) in [4.78, 5) is 17.3. The van der Waals surface area contributed by atoms with Crippen LogP contribution in [0, 0.1) is 17.8 Å². The van der Waals surface area contributed by atoms with E-state index >= 15 is 0 Å². The van der Waals surface area contributed by atoms with Gasteiger partial charge in [0.2, 0.25) is 5.91 Å². The summed E-state index contributed by atoms with van der Waals surface area (Å²) in [6, 6.07) is 14.7. The molecule has 1 N–H and O–H groups in total. The van der Waals surface area contributed by atoms with Crippen LogP contribution in [-0.4, -0.2) is 23.3 Å². The number of aromatic nitrogens is 1. The molecule has 4 nitrogen and oxygen atoms in total. The minimum Gasteiger partial charge on any atom is -0.494 e. The van der Waals surface area contributed by atoms with Crippen molar-refractivity contribution in [3.63, 3.8) is 0 Å². The van der Waals surface area contributed by atoms with Gasteiger partial charge in [-0.2, -0.15) is 0 Å². The summed E-state index contributed by atoms with van der Waals surface area (Å²) in [5, 5.41) is 3.08. The Morgan fingerprint density at radius 1 is 1.12 bits per heavy atom. The Morgan fingerprint density at radius 3 is 2.65 bits per heavy atom. The number of hydrogen-bond acceptors (Lipinski definition) is 5. The van der Waals surface area contributed by atoms with E-state index < -0.39 is 0 Å². The van der Waals surface area contributed by atoms with Crippen LogP contribution in [-0.2, 0) is 10.2 Å². The topological polar surface area (TPSA) is 51.2 Å². The van der Waals surface area contributed by atoms with Crippen LogP contribution in [0.25, 0.3) is 10.2 Å². The fourth-order valence-electron chi connectivity index (χ4n) is 6.96. The second-order valence-electron chi connectivity index (χ2n) is 10.5. The first-order valence-electron chi connectivity index (χ1n) is 12.7. The quantitative estimate of drug-likeness (QED) is 0.352. The molecule has 1 heterocycles. The van der Waals surface area contributed by atoms with Crippen molar-refractivity contribution in [2.75, 3.05) is 17.7 Å². The van der Waals surface area contributed by atoms with Crippen molar-refractivity contribution in [1.82, 2.24) is 4.98 Å². The molecule has 7 rings (SSSR count). The lowest BCUT2D eigenvalue weighted by Crippen LogP contribution is -2.37. The number of amides is 1. The number of rotatable bonds is 7. The van der Waals surface area contributed by atoms with Crippen molar-refractivity contribution in [1.29, 1.82) is 0 Å². The van der Waals surface area contributed by atoms with Crippen LogP contribution in [0.2, 0.25) is 0 Å². The van der Waals surface area contributed by atoms with Gasteiger partial charge in [-0.3, -0.25) is 4.79 Å². The van der Waals surface area contributed by atoms with Gasteiger partial charge in [0.05, 0.1) is 22.6 Å². The van der Waals surface area contributed by atoms with Crippen LogP contribution in [0.1, 0.15) is 57.4 Å². The van der Waals surface area contributed by atoms with Crippen molar-refractivity contribution >= 4 is 44.9 Å². The number of nitrogens with one attached hydrogen (secondary N) is 1. The minimum absolute atomic E-state index is 0.0122. The Labute approximate surface area is 209 Å². The minimum atomic E-state index is 0.0122. The number of hydrogen-bond donors (Lipinski definition) is 1. The maximum Gasteiger partial charge on any atom is 0.234 e. The molecule has 1 amide bonds. The molecule has 1 aromatic heterocycles. The molecule has 4 aliphatic carbocycles. The van der Waals surface area contributed by atoms with Crippen LogP contribution >= 0.6 is 23.1 Å². The van der Waals surface area contributed by atoms with Crippen LogP contribution in [0.5, 0.6) is 5.75 Å². The number of thioether (sulfide) groups is 1. The lowest BCUT2D eigenvalue weighted by atomic mass is 9.59. The van der Waals surface area contributed by atoms with Crippen molar-refractivity contribution in [2.24, 2.45) is 17.8 Å². The van der Waals surface area contributed by atoms with Crippen molar-refractivity contribution < 1.29 is 9.53 Å². The Balaban J connectivity index is 1.08. The summed E-state index contributed by atoms with van der Waals surface area (Å²) in [7, 11) is 0. The number of fused-ring (bicyclic) bond motifs is 2. The van der Waals surface area contributed by atoms with E-state index in [2.05, 4.69) is 34.6 Å². The zero-order chi connectivity index (χ0) is 23.1. The number of carbonyl (C=O) groups is 1. The molecule has 2 unspecified atom stereocenters. The molecular formula is C28H32N2O2S2. The number of benzene rings is 2. The SMILES string of the molecule is CCOc1ccc2nc(SCC(=O)Nc3ccc(C45CCC6CC(CC(C6)C4)C5)cc3)sc2c1. The van der Waals surface area contributed by atoms with Crippen LogP contribution in [0.4, 0.5) is 5.69 Å². The second kappa shape index (κ2) is 9.19. The van der Waals surface area contributed by atoms with E-state index in [1.54, 1.807) is 11.3 Å². The molecule has 4 bridgehead atoms. The van der Waals surface area contributed by atoms with E-state index in [1.807, 2.05) is 25.1 Å². The maximum atomic E-state index is 12.6. The second-order valence-corrected chi connectivity index (χ2v) is 12.7. The molecule has 178 valence electrons. The summed E-state index contributed by atoms with van der Waals surface area (Å²) < 4.78 is 7.57. The highest BCUT2D eigenvalue weighted by Crippen LogP contribution is 2.57. The molecule has 6 heteroatoms. The summed E-state index contributed by atoms with van der Waals surface area (Å²) >= 11 is 3.10. The predicted molar refractivity (Wildman–Crippen MR) is 141 cm³/mol. The number of thiazole rings is 1. The molecule has 2 atom stereocenters. The number of anilines is 1. The van der Waals surface area contributed by atoms with Gasteiger partial charge in [0.1, 0.15) is 5.75 Å². The van der Waals surface area contributed by atoms with Gasteiger partial charge in [-0.05, 0) is 111 Å². The first-order chi connectivity index (χ1) is 16.6. The van der Waals surface area contributed by atoms with Gasteiger partial charge in [-0.15, -0.1) is 11.3 Å².